The molecule has 0 radical (unpaired) electrons. The number of aryl methyl sites for hydroxylation is 1. The highest BCUT2D eigenvalue weighted by molar-refractivity contribution is 5.24. The fraction of sp³-hybridized carbons (Fsp3) is 0.500. The first-order valence-corrected chi connectivity index (χ1v) is 12.0. The molecule has 1 atom stereocenters. The van der Waals surface area contributed by atoms with E-state index in [0.29, 0.717) is 11.7 Å². The molecule has 1 aromatic rings. The smallest absolute Gasteiger partial charge is 0.123 e. The lowest BCUT2D eigenvalue weighted by atomic mass is 9.99. The molecular weight excluding hydrogens is 385 g/mol. The zero-order valence-corrected chi connectivity index (χ0v) is 19.4. The van der Waals surface area contributed by atoms with Crippen molar-refractivity contribution in [3.8, 4) is 0 Å². The number of nitrogens with one attached hydrogen (secondary N) is 1. The summed E-state index contributed by atoms with van der Waals surface area (Å²) in [7, 11) is 0. The standard InChI is InChI=1S/C28H40FNO/c1-3-5-6-7-8-9-12-24-16-18-25(19-17-24)22-30-23-26-13-10-14-28(21-26)31-27(4-2)15-11-20-29/h4,10-11,14-19,21,26,30H,3,5-9,12-13,20,22-23H2,1-2H3/b15-11-,27-4+. The second-order valence-corrected chi connectivity index (χ2v) is 8.28. The predicted octanol–water partition coefficient (Wildman–Crippen LogP) is 7.59. The van der Waals surface area contributed by atoms with E-state index in [0.717, 1.165) is 25.3 Å². The topological polar surface area (TPSA) is 21.3 Å². The van der Waals surface area contributed by atoms with Gasteiger partial charge in [0.2, 0.25) is 0 Å². The predicted molar refractivity (Wildman–Crippen MR) is 131 cm³/mol. The minimum atomic E-state index is -0.484. The molecule has 0 aliphatic heterocycles. The van der Waals surface area contributed by atoms with Crippen LogP contribution in [0.5, 0.6) is 0 Å². The van der Waals surface area contributed by atoms with Crippen molar-refractivity contribution in [3.63, 3.8) is 0 Å². The first-order valence-electron chi connectivity index (χ1n) is 12.0. The first kappa shape index (κ1) is 25.1. The third-order valence-electron chi connectivity index (χ3n) is 5.59. The van der Waals surface area contributed by atoms with E-state index >= 15 is 0 Å². The van der Waals surface area contributed by atoms with Crippen molar-refractivity contribution < 1.29 is 9.13 Å². The van der Waals surface area contributed by atoms with Crippen molar-refractivity contribution in [3.05, 3.63) is 83.4 Å². The molecule has 0 heterocycles. The van der Waals surface area contributed by atoms with Crippen molar-refractivity contribution in [2.45, 2.75) is 71.8 Å². The Morgan fingerprint density at radius 3 is 2.58 bits per heavy atom. The molecule has 1 aromatic carbocycles. The minimum Gasteiger partial charge on any atom is -0.458 e. The van der Waals surface area contributed by atoms with Crippen molar-refractivity contribution in [1.29, 1.82) is 0 Å². The molecule has 3 heteroatoms. The summed E-state index contributed by atoms with van der Waals surface area (Å²) in [6.45, 7) is 5.45. The van der Waals surface area contributed by atoms with E-state index in [1.165, 1.54) is 62.1 Å². The lowest BCUT2D eigenvalue weighted by Gasteiger charge is -2.18. The maximum atomic E-state index is 12.3. The Hall–Kier alpha value is -2.13. The molecule has 2 nitrogen and oxygen atoms in total. The SMILES string of the molecule is C/C=C(\C=C/CF)OC1=CC(CNCc2ccc(CCCCCCCC)cc2)CC=C1. The normalized spacial score (nSPS) is 16.7. The van der Waals surface area contributed by atoms with Crippen LogP contribution in [0.2, 0.25) is 0 Å². The van der Waals surface area contributed by atoms with E-state index in [4.69, 9.17) is 4.74 Å². The third-order valence-corrected chi connectivity index (χ3v) is 5.59. The average molecular weight is 426 g/mol. The van der Waals surface area contributed by atoms with Gasteiger partial charge in [-0.05, 0) is 67.5 Å². The van der Waals surface area contributed by atoms with Gasteiger partial charge < -0.3 is 10.1 Å². The molecule has 1 aliphatic rings. The summed E-state index contributed by atoms with van der Waals surface area (Å²) < 4.78 is 18.2. The maximum absolute atomic E-state index is 12.3. The summed E-state index contributed by atoms with van der Waals surface area (Å²) in [5.74, 6) is 1.90. The van der Waals surface area contributed by atoms with Gasteiger partial charge in [0.25, 0.3) is 0 Å². The van der Waals surface area contributed by atoms with E-state index in [1.54, 1.807) is 6.08 Å². The highest BCUT2D eigenvalue weighted by atomic mass is 19.1. The van der Waals surface area contributed by atoms with Crippen molar-refractivity contribution in [2.24, 2.45) is 5.92 Å². The summed E-state index contributed by atoms with van der Waals surface area (Å²) in [6.07, 6.45) is 21.5. The van der Waals surface area contributed by atoms with Gasteiger partial charge in [-0.25, -0.2) is 4.39 Å². The van der Waals surface area contributed by atoms with E-state index in [1.807, 2.05) is 19.1 Å². The second kappa shape index (κ2) is 15.6. The van der Waals surface area contributed by atoms with Crippen LogP contribution in [0.25, 0.3) is 0 Å². The van der Waals surface area contributed by atoms with Crippen molar-refractivity contribution in [2.75, 3.05) is 13.2 Å². The summed E-state index contributed by atoms with van der Waals surface area (Å²) in [4.78, 5) is 0. The Labute approximate surface area is 189 Å². The Morgan fingerprint density at radius 1 is 1.10 bits per heavy atom. The van der Waals surface area contributed by atoms with Crippen LogP contribution >= 0.6 is 0 Å². The first-order chi connectivity index (χ1) is 15.2. The number of alkyl halides is 1. The van der Waals surface area contributed by atoms with E-state index in [9.17, 15) is 4.39 Å². The number of unbranched alkanes of at least 4 members (excludes halogenated alkanes) is 5. The number of rotatable bonds is 15. The van der Waals surface area contributed by atoms with Gasteiger partial charge in [0.05, 0.1) is 0 Å². The molecule has 31 heavy (non-hydrogen) atoms. The second-order valence-electron chi connectivity index (χ2n) is 8.28. The number of allylic oxidation sites excluding steroid dienone is 5. The number of halogens is 1. The quantitative estimate of drug-likeness (QED) is 0.178. The van der Waals surface area contributed by atoms with Gasteiger partial charge in [-0.3, -0.25) is 0 Å². The van der Waals surface area contributed by atoms with Crippen LogP contribution in [0.1, 0.15) is 69.9 Å². The molecule has 0 saturated carbocycles. The van der Waals surface area contributed by atoms with E-state index in [2.05, 4.69) is 48.7 Å². The Balaban J connectivity index is 1.69. The molecule has 0 saturated heterocycles. The molecule has 1 unspecified atom stereocenters. The fourth-order valence-electron chi connectivity index (χ4n) is 3.75. The maximum Gasteiger partial charge on any atom is 0.123 e. The van der Waals surface area contributed by atoms with Gasteiger partial charge in [-0.2, -0.15) is 0 Å². The molecular formula is C28H40FNO. The highest BCUT2D eigenvalue weighted by Crippen LogP contribution is 2.20. The van der Waals surface area contributed by atoms with E-state index in [-0.39, 0.29) is 0 Å². The number of ether oxygens (including phenoxy) is 1. The van der Waals surface area contributed by atoms with Gasteiger partial charge in [-0.15, -0.1) is 0 Å². The third kappa shape index (κ3) is 10.6. The molecule has 0 spiro atoms. The number of hydrogen-bond acceptors (Lipinski definition) is 2. The van der Waals surface area contributed by atoms with Crippen molar-refractivity contribution >= 4 is 0 Å². The molecule has 170 valence electrons. The molecule has 0 bridgehead atoms. The van der Waals surface area contributed by atoms with Gasteiger partial charge >= 0.3 is 0 Å². The Morgan fingerprint density at radius 2 is 1.84 bits per heavy atom. The summed E-state index contributed by atoms with van der Waals surface area (Å²) in [5.41, 5.74) is 2.77. The van der Waals surface area contributed by atoms with Crippen LogP contribution in [0.4, 0.5) is 4.39 Å². The van der Waals surface area contributed by atoms with Crippen LogP contribution in [0.15, 0.2) is 72.2 Å². The summed E-state index contributed by atoms with van der Waals surface area (Å²) >= 11 is 0. The molecule has 0 aromatic heterocycles. The monoisotopic (exact) mass is 425 g/mol. The summed E-state index contributed by atoms with van der Waals surface area (Å²) in [6, 6.07) is 9.06. The Bertz CT molecular complexity index is 730. The number of hydrogen-bond donors (Lipinski definition) is 1. The van der Waals surface area contributed by atoms with Crippen LogP contribution < -0.4 is 5.32 Å². The van der Waals surface area contributed by atoms with Gasteiger partial charge in [0.1, 0.15) is 18.2 Å². The lowest BCUT2D eigenvalue weighted by Crippen LogP contribution is -2.22. The Kier molecular flexibility index (Phi) is 12.7. The molecule has 2 rings (SSSR count). The molecule has 1 aliphatic carbocycles. The minimum absolute atomic E-state index is 0.398. The zero-order valence-electron chi connectivity index (χ0n) is 19.4. The van der Waals surface area contributed by atoms with Gasteiger partial charge in [0.15, 0.2) is 0 Å². The lowest BCUT2D eigenvalue weighted by molar-refractivity contribution is 0.325. The van der Waals surface area contributed by atoms with Crippen LogP contribution in [-0.2, 0) is 17.7 Å². The van der Waals surface area contributed by atoms with Crippen LogP contribution in [0.3, 0.4) is 0 Å². The largest absolute Gasteiger partial charge is 0.458 e. The van der Waals surface area contributed by atoms with Crippen molar-refractivity contribution in [1.82, 2.24) is 5.32 Å². The van der Waals surface area contributed by atoms with Crippen LogP contribution in [-0.4, -0.2) is 13.2 Å². The van der Waals surface area contributed by atoms with Gasteiger partial charge in [0, 0.05) is 13.1 Å². The van der Waals surface area contributed by atoms with Crippen LogP contribution in [0, 0.1) is 5.92 Å². The number of benzene rings is 1. The summed E-state index contributed by atoms with van der Waals surface area (Å²) in [5, 5.41) is 3.57. The fourth-order valence-corrected chi connectivity index (χ4v) is 3.75. The average Bonchev–Trinajstić information content (AvgIpc) is 2.80. The zero-order chi connectivity index (χ0) is 22.2. The van der Waals surface area contributed by atoms with E-state index < -0.39 is 6.67 Å². The highest BCUT2D eigenvalue weighted by Gasteiger charge is 2.11. The van der Waals surface area contributed by atoms with Gasteiger partial charge in [-0.1, -0.05) is 75.4 Å². The molecule has 1 N–H and O–H groups in total. The molecule has 0 fully saturated rings. The molecule has 0 amide bonds.